The number of ether oxygens (including phenoxy) is 2. The van der Waals surface area contributed by atoms with Crippen molar-refractivity contribution in [2.45, 2.75) is 44.8 Å². The number of pyridine rings is 1. The third-order valence-electron chi connectivity index (χ3n) is 7.62. The summed E-state index contributed by atoms with van der Waals surface area (Å²) in [4.78, 5) is 61.1. The molecule has 11 nitrogen and oxygen atoms in total. The third-order valence-corrected chi connectivity index (χ3v) is 7.62. The van der Waals surface area contributed by atoms with Gasteiger partial charge in [-0.25, -0.2) is 4.79 Å². The molecule has 43 heavy (non-hydrogen) atoms. The number of hydrogen-bond acceptors (Lipinski definition) is 9. The van der Waals surface area contributed by atoms with E-state index < -0.39 is 54.2 Å². The van der Waals surface area contributed by atoms with Crippen LogP contribution in [0.15, 0.2) is 83.3 Å². The molecule has 2 atom stereocenters. The van der Waals surface area contributed by atoms with Gasteiger partial charge in [0.05, 0.1) is 17.7 Å². The minimum Gasteiger partial charge on any atom is -0.486 e. The zero-order chi connectivity index (χ0) is 30.6. The van der Waals surface area contributed by atoms with E-state index in [0.29, 0.717) is 11.4 Å². The summed E-state index contributed by atoms with van der Waals surface area (Å²) in [5.74, 6) is -3.39. The Morgan fingerprint density at radius 2 is 1.81 bits per heavy atom. The fourth-order valence-electron chi connectivity index (χ4n) is 5.10. The maximum atomic E-state index is 13.7. The molecule has 222 valence electrons. The van der Waals surface area contributed by atoms with Gasteiger partial charge < -0.3 is 24.7 Å². The number of carbonyl (C=O) groups excluding carboxylic acids is 3. The smallest absolute Gasteiger partial charge is 0.338 e. The maximum Gasteiger partial charge on any atom is 0.338 e. The van der Waals surface area contributed by atoms with Gasteiger partial charge in [0, 0.05) is 30.3 Å². The SMILES string of the molecule is CC(C)[C@@]1(C(=O)N[C@@H](CC(=O)O)C(=O)COC2=C(Cc3ccccc3)C(=O)OC2)CC(c2nccc3ccccc23)=NO1. The van der Waals surface area contributed by atoms with Crippen LogP contribution in [0.4, 0.5) is 0 Å². The van der Waals surface area contributed by atoms with Crippen LogP contribution in [-0.2, 0) is 39.9 Å². The van der Waals surface area contributed by atoms with Crippen LogP contribution in [0.2, 0.25) is 0 Å². The first-order valence-corrected chi connectivity index (χ1v) is 13.9. The van der Waals surface area contributed by atoms with Crippen molar-refractivity contribution in [1.82, 2.24) is 10.3 Å². The van der Waals surface area contributed by atoms with E-state index in [2.05, 4.69) is 15.5 Å². The maximum absolute atomic E-state index is 13.7. The second kappa shape index (κ2) is 12.4. The Morgan fingerprint density at radius 1 is 1.07 bits per heavy atom. The molecule has 2 aliphatic rings. The monoisotopic (exact) mass is 585 g/mol. The number of aromatic nitrogens is 1. The highest BCUT2D eigenvalue weighted by atomic mass is 16.7. The highest BCUT2D eigenvalue weighted by molar-refractivity contribution is 6.12. The molecule has 0 unspecified atom stereocenters. The number of benzene rings is 2. The van der Waals surface area contributed by atoms with Gasteiger partial charge in [0.2, 0.25) is 5.60 Å². The summed E-state index contributed by atoms with van der Waals surface area (Å²) in [6.07, 6.45) is 1.30. The molecular weight excluding hydrogens is 554 g/mol. The number of nitrogens with one attached hydrogen (secondary N) is 1. The molecule has 5 rings (SSSR count). The summed E-state index contributed by atoms with van der Waals surface area (Å²) in [5.41, 5.74) is 0.684. The number of ketones is 1. The predicted molar refractivity (Wildman–Crippen MR) is 155 cm³/mol. The van der Waals surface area contributed by atoms with Crippen LogP contribution in [0.3, 0.4) is 0 Å². The number of cyclic esters (lactones) is 1. The molecular formula is C32H31N3O8. The van der Waals surface area contributed by atoms with Crippen molar-refractivity contribution in [1.29, 1.82) is 0 Å². The molecule has 0 spiro atoms. The summed E-state index contributed by atoms with van der Waals surface area (Å²) in [7, 11) is 0. The van der Waals surface area contributed by atoms with Crippen molar-refractivity contribution in [3.05, 3.63) is 89.5 Å². The number of rotatable bonds is 12. The standard InChI is InChI=1S/C32H31N3O8/c1-19(2)32(16-25(35-43-32)29-22-11-7-6-10-21(22)12-13-33-29)31(40)34-24(15-28(37)38)26(36)17-41-27-18-42-30(39)23(27)14-20-8-4-3-5-9-20/h3-13,19,24H,14-18H2,1-2H3,(H,34,40)(H,37,38)/t24-,32+/m0/s1. The molecule has 11 heteroatoms. The molecule has 2 N–H and O–H groups in total. The summed E-state index contributed by atoms with van der Waals surface area (Å²) in [6.45, 7) is 2.85. The van der Waals surface area contributed by atoms with E-state index in [1.807, 2.05) is 60.7 Å². The second-order valence-corrected chi connectivity index (χ2v) is 10.8. The molecule has 2 aromatic carbocycles. The first-order chi connectivity index (χ1) is 20.7. The zero-order valence-corrected chi connectivity index (χ0v) is 23.7. The van der Waals surface area contributed by atoms with E-state index in [-0.39, 0.29) is 30.8 Å². The Labute approximate surface area is 247 Å². The largest absolute Gasteiger partial charge is 0.486 e. The van der Waals surface area contributed by atoms with Gasteiger partial charge in [-0.2, -0.15) is 0 Å². The number of fused-ring (bicyclic) bond motifs is 1. The van der Waals surface area contributed by atoms with Gasteiger partial charge in [-0.1, -0.05) is 73.6 Å². The summed E-state index contributed by atoms with van der Waals surface area (Å²) >= 11 is 0. The van der Waals surface area contributed by atoms with Gasteiger partial charge in [-0.05, 0) is 17.0 Å². The fraction of sp³-hybridized carbons (Fsp3) is 0.312. The molecule has 0 radical (unpaired) electrons. The van der Waals surface area contributed by atoms with Crippen LogP contribution in [0.1, 0.15) is 37.9 Å². The number of amides is 1. The van der Waals surface area contributed by atoms with Crippen LogP contribution in [-0.4, -0.2) is 64.3 Å². The Kier molecular flexibility index (Phi) is 8.51. The van der Waals surface area contributed by atoms with Gasteiger partial charge in [-0.3, -0.25) is 19.4 Å². The van der Waals surface area contributed by atoms with Crippen molar-refractivity contribution in [2.75, 3.05) is 13.2 Å². The number of aliphatic carboxylic acids is 1. The number of Topliss-reactive ketones (excluding diaryl/α,β-unsaturated/α-hetero) is 1. The van der Waals surface area contributed by atoms with E-state index in [4.69, 9.17) is 14.3 Å². The van der Waals surface area contributed by atoms with E-state index in [1.165, 1.54) is 0 Å². The summed E-state index contributed by atoms with van der Waals surface area (Å²) in [6, 6.07) is 17.3. The molecule has 0 saturated carbocycles. The lowest BCUT2D eigenvalue weighted by molar-refractivity contribution is -0.152. The minimum atomic E-state index is -1.50. The van der Waals surface area contributed by atoms with E-state index in [0.717, 1.165) is 16.3 Å². The number of nitrogens with zero attached hydrogens (tertiary/aromatic N) is 2. The molecule has 0 fully saturated rings. The highest BCUT2D eigenvalue weighted by Crippen LogP contribution is 2.35. The Morgan fingerprint density at radius 3 is 2.56 bits per heavy atom. The predicted octanol–water partition coefficient (Wildman–Crippen LogP) is 3.35. The minimum absolute atomic E-state index is 0.0666. The van der Waals surface area contributed by atoms with Crippen molar-refractivity contribution in [3.63, 3.8) is 0 Å². The van der Waals surface area contributed by atoms with E-state index >= 15 is 0 Å². The van der Waals surface area contributed by atoms with E-state index in [9.17, 15) is 24.3 Å². The number of carboxylic acid groups (broad SMARTS) is 1. The van der Waals surface area contributed by atoms with Crippen LogP contribution in [0.25, 0.3) is 10.8 Å². The average Bonchev–Trinajstić information content (AvgIpc) is 3.60. The Hall–Kier alpha value is -5.06. The van der Waals surface area contributed by atoms with Gasteiger partial charge in [0.25, 0.3) is 5.91 Å². The Bertz CT molecular complexity index is 1630. The van der Waals surface area contributed by atoms with Crippen molar-refractivity contribution < 1.29 is 38.6 Å². The van der Waals surface area contributed by atoms with E-state index in [1.54, 1.807) is 20.0 Å². The van der Waals surface area contributed by atoms with Gasteiger partial charge >= 0.3 is 11.9 Å². The molecule has 0 saturated heterocycles. The lowest BCUT2D eigenvalue weighted by Crippen LogP contribution is -2.56. The summed E-state index contributed by atoms with van der Waals surface area (Å²) < 4.78 is 10.8. The number of esters is 1. The topological polar surface area (TPSA) is 153 Å². The first kappa shape index (κ1) is 29.4. The molecule has 3 aromatic rings. The van der Waals surface area contributed by atoms with Crippen LogP contribution < -0.4 is 5.32 Å². The molecule has 1 amide bonds. The lowest BCUT2D eigenvalue weighted by Gasteiger charge is -2.30. The van der Waals surface area contributed by atoms with Crippen molar-refractivity contribution >= 4 is 40.1 Å². The number of carbonyl (C=O) groups is 4. The normalized spacial score (nSPS) is 18.7. The number of oxime groups is 1. The number of carboxylic acids is 1. The second-order valence-electron chi connectivity index (χ2n) is 10.8. The quantitative estimate of drug-likeness (QED) is 0.305. The fourth-order valence-corrected chi connectivity index (χ4v) is 5.10. The zero-order valence-electron chi connectivity index (χ0n) is 23.7. The molecule has 0 aliphatic carbocycles. The molecule has 3 heterocycles. The van der Waals surface area contributed by atoms with Crippen LogP contribution >= 0.6 is 0 Å². The van der Waals surface area contributed by atoms with Crippen LogP contribution in [0.5, 0.6) is 0 Å². The van der Waals surface area contributed by atoms with Crippen molar-refractivity contribution in [3.8, 4) is 0 Å². The van der Waals surface area contributed by atoms with Crippen LogP contribution in [0, 0.1) is 5.92 Å². The molecule has 1 aromatic heterocycles. The van der Waals surface area contributed by atoms with Gasteiger partial charge in [0.15, 0.2) is 5.78 Å². The molecule has 2 aliphatic heterocycles. The van der Waals surface area contributed by atoms with Gasteiger partial charge in [-0.15, -0.1) is 0 Å². The average molecular weight is 586 g/mol. The molecule has 0 bridgehead atoms. The third kappa shape index (κ3) is 6.25. The number of hydrogen-bond donors (Lipinski definition) is 2. The first-order valence-electron chi connectivity index (χ1n) is 13.9. The lowest BCUT2D eigenvalue weighted by atomic mass is 9.83. The Balaban J connectivity index is 1.30. The van der Waals surface area contributed by atoms with Gasteiger partial charge in [0.1, 0.15) is 30.7 Å². The summed E-state index contributed by atoms with van der Waals surface area (Å²) in [5, 5.41) is 18.1. The highest BCUT2D eigenvalue weighted by Gasteiger charge is 2.51. The van der Waals surface area contributed by atoms with Crippen molar-refractivity contribution in [2.24, 2.45) is 11.1 Å².